The average molecular weight is 438 g/mol. The van der Waals surface area contributed by atoms with Crippen molar-refractivity contribution in [2.24, 2.45) is 10.8 Å². The van der Waals surface area contributed by atoms with Crippen LogP contribution >= 0.6 is 11.8 Å². The van der Waals surface area contributed by atoms with Gasteiger partial charge in [0.05, 0.1) is 0 Å². The molecule has 0 radical (unpaired) electrons. The van der Waals surface area contributed by atoms with Crippen molar-refractivity contribution in [2.75, 3.05) is 0 Å². The van der Waals surface area contributed by atoms with E-state index in [9.17, 15) is 0 Å². The van der Waals surface area contributed by atoms with E-state index in [-0.39, 0.29) is 0 Å². The van der Waals surface area contributed by atoms with Crippen LogP contribution in [0.2, 0.25) is 0 Å². The third kappa shape index (κ3) is 6.38. The van der Waals surface area contributed by atoms with Gasteiger partial charge in [-0.25, -0.2) is 4.98 Å². The lowest BCUT2D eigenvalue weighted by atomic mass is 9.65. The molecule has 0 saturated heterocycles. The molecule has 0 N–H and O–H groups in total. The van der Waals surface area contributed by atoms with Crippen molar-refractivity contribution < 1.29 is 4.42 Å². The number of hydrogen-bond donors (Lipinski definition) is 0. The fourth-order valence-corrected chi connectivity index (χ4v) is 5.69. The van der Waals surface area contributed by atoms with Gasteiger partial charge in [-0.15, -0.1) is 0 Å². The third-order valence-corrected chi connectivity index (χ3v) is 7.44. The fraction of sp³-hybridized carbons (Fsp3) is 0.536. The van der Waals surface area contributed by atoms with Crippen LogP contribution in [0.15, 0.2) is 58.2 Å². The van der Waals surface area contributed by atoms with Crippen molar-refractivity contribution in [3.05, 3.63) is 59.7 Å². The number of hydrogen-bond acceptors (Lipinski definition) is 3. The molecule has 0 amide bonds. The molecule has 2 aromatic carbocycles. The zero-order valence-electron chi connectivity index (χ0n) is 20.2. The SMILES string of the molecule is CCCC(C)(C)CC(c1ccc(CSc2nc3ccccc3o2)cc1)C(C)(C)CCC. The summed E-state index contributed by atoms with van der Waals surface area (Å²) in [6.07, 6.45) is 6.27. The van der Waals surface area contributed by atoms with E-state index in [1.165, 1.54) is 43.2 Å². The van der Waals surface area contributed by atoms with Gasteiger partial charge in [-0.2, -0.15) is 0 Å². The molecule has 2 nitrogen and oxygen atoms in total. The highest BCUT2D eigenvalue weighted by molar-refractivity contribution is 7.98. The van der Waals surface area contributed by atoms with Crippen molar-refractivity contribution in [3.8, 4) is 0 Å². The van der Waals surface area contributed by atoms with Crippen LogP contribution in [0.4, 0.5) is 0 Å². The molecular formula is C28H39NOS. The van der Waals surface area contributed by atoms with Crippen LogP contribution in [0.5, 0.6) is 0 Å². The largest absolute Gasteiger partial charge is 0.431 e. The van der Waals surface area contributed by atoms with Gasteiger partial charge in [-0.3, -0.25) is 0 Å². The minimum Gasteiger partial charge on any atom is -0.431 e. The van der Waals surface area contributed by atoms with E-state index >= 15 is 0 Å². The van der Waals surface area contributed by atoms with Gasteiger partial charge >= 0.3 is 0 Å². The number of rotatable bonds is 11. The van der Waals surface area contributed by atoms with Crippen LogP contribution in [-0.4, -0.2) is 4.98 Å². The van der Waals surface area contributed by atoms with Gasteiger partial charge in [0.15, 0.2) is 5.58 Å². The Morgan fingerprint density at radius 2 is 1.58 bits per heavy atom. The molecule has 1 unspecified atom stereocenters. The van der Waals surface area contributed by atoms with Gasteiger partial charge in [-0.1, -0.05) is 103 Å². The smallest absolute Gasteiger partial charge is 0.257 e. The molecular weight excluding hydrogens is 398 g/mol. The number of aromatic nitrogens is 1. The zero-order chi connectivity index (χ0) is 22.5. The lowest BCUT2D eigenvalue weighted by molar-refractivity contribution is 0.176. The Bertz CT molecular complexity index is 922. The number of fused-ring (bicyclic) bond motifs is 1. The maximum absolute atomic E-state index is 5.85. The molecule has 1 atom stereocenters. The van der Waals surface area contributed by atoms with Crippen molar-refractivity contribution >= 4 is 22.9 Å². The predicted octanol–water partition coefficient (Wildman–Crippen LogP) is 9.25. The van der Waals surface area contributed by atoms with Crippen LogP contribution in [0, 0.1) is 10.8 Å². The van der Waals surface area contributed by atoms with E-state index in [1.807, 2.05) is 24.3 Å². The first-order chi connectivity index (χ1) is 14.7. The van der Waals surface area contributed by atoms with Gasteiger partial charge in [0.25, 0.3) is 5.22 Å². The average Bonchev–Trinajstić information content (AvgIpc) is 3.14. The summed E-state index contributed by atoms with van der Waals surface area (Å²) in [5.74, 6) is 1.45. The molecule has 0 spiro atoms. The number of para-hydroxylation sites is 2. The van der Waals surface area contributed by atoms with Crippen molar-refractivity contribution in [1.82, 2.24) is 4.98 Å². The summed E-state index contributed by atoms with van der Waals surface area (Å²) in [7, 11) is 0. The van der Waals surface area contributed by atoms with E-state index in [4.69, 9.17) is 4.42 Å². The number of nitrogens with zero attached hydrogens (tertiary/aromatic N) is 1. The van der Waals surface area contributed by atoms with Gasteiger partial charge in [-0.05, 0) is 59.3 Å². The van der Waals surface area contributed by atoms with Crippen LogP contribution in [0.25, 0.3) is 11.1 Å². The molecule has 1 aromatic heterocycles. The molecule has 3 aromatic rings. The summed E-state index contributed by atoms with van der Waals surface area (Å²) < 4.78 is 5.85. The highest BCUT2D eigenvalue weighted by atomic mass is 32.2. The molecule has 168 valence electrons. The van der Waals surface area contributed by atoms with Crippen molar-refractivity contribution in [3.63, 3.8) is 0 Å². The second-order valence-electron chi connectivity index (χ2n) is 10.4. The first kappa shape index (κ1) is 23.9. The molecule has 0 aliphatic rings. The van der Waals surface area contributed by atoms with Gasteiger partial charge in [0, 0.05) is 5.75 Å². The highest BCUT2D eigenvalue weighted by Gasteiger charge is 2.34. The molecule has 3 rings (SSSR count). The molecule has 0 saturated carbocycles. The van der Waals surface area contributed by atoms with Crippen molar-refractivity contribution in [1.29, 1.82) is 0 Å². The van der Waals surface area contributed by atoms with Crippen LogP contribution in [-0.2, 0) is 5.75 Å². The first-order valence-corrected chi connectivity index (χ1v) is 12.8. The summed E-state index contributed by atoms with van der Waals surface area (Å²) in [4.78, 5) is 4.58. The summed E-state index contributed by atoms with van der Waals surface area (Å²) in [5, 5.41) is 0.744. The Morgan fingerprint density at radius 1 is 0.903 bits per heavy atom. The van der Waals surface area contributed by atoms with E-state index in [0.29, 0.717) is 16.7 Å². The number of benzene rings is 2. The lowest BCUT2D eigenvalue weighted by Gasteiger charge is -2.40. The Labute approximate surface area is 193 Å². The fourth-order valence-electron chi connectivity index (χ4n) is 4.90. The van der Waals surface area contributed by atoms with Gasteiger partial charge in [0.2, 0.25) is 0 Å². The highest BCUT2D eigenvalue weighted by Crippen LogP contribution is 2.47. The van der Waals surface area contributed by atoms with Crippen LogP contribution in [0.3, 0.4) is 0 Å². The Kier molecular flexibility index (Phi) is 7.91. The van der Waals surface area contributed by atoms with Crippen LogP contribution in [0.1, 0.15) is 90.7 Å². The molecule has 31 heavy (non-hydrogen) atoms. The van der Waals surface area contributed by atoms with Gasteiger partial charge in [0.1, 0.15) is 5.52 Å². The second kappa shape index (κ2) is 10.3. The Hall–Kier alpha value is -1.74. The summed E-state index contributed by atoms with van der Waals surface area (Å²) >= 11 is 1.67. The zero-order valence-corrected chi connectivity index (χ0v) is 21.0. The summed E-state index contributed by atoms with van der Waals surface area (Å²) in [5.41, 5.74) is 5.25. The molecule has 0 aliphatic heterocycles. The third-order valence-electron chi connectivity index (χ3n) is 6.54. The quantitative estimate of drug-likeness (QED) is 0.279. The van der Waals surface area contributed by atoms with Crippen LogP contribution < -0.4 is 0 Å². The van der Waals surface area contributed by atoms with E-state index < -0.39 is 0 Å². The number of oxazole rings is 1. The maximum Gasteiger partial charge on any atom is 0.257 e. The molecule has 1 heterocycles. The predicted molar refractivity (Wildman–Crippen MR) is 135 cm³/mol. The summed E-state index contributed by atoms with van der Waals surface area (Å²) in [6, 6.07) is 17.3. The van der Waals surface area contributed by atoms with E-state index in [0.717, 1.165) is 22.1 Å². The molecule has 0 fully saturated rings. The maximum atomic E-state index is 5.85. The van der Waals surface area contributed by atoms with E-state index in [2.05, 4.69) is 70.8 Å². The minimum absolute atomic E-state index is 0.300. The van der Waals surface area contributed by atoms with E-state index in [1.54, 1.807) is 11.8 Å². The minimum atomic E-state index is 0.300. The molecule has 3 heteroatoms. The standard InChI is InChI=1S/C28H39NOS/c1-7-17-27(3,4)19-23(28(5,6)18-8-2)22-15-13-21(14-16-22)20-31-26-29-24-11-9-10-12-25(24)30-26/h9-16,23H,7-8,17-20H2,1-6H3. The monoisotopic (exact) mass is 437 g/mol. The topological polar surface area (TPSA) is 26.0 Å². The van der Waals surface area contributed by atoms with Gasteiger partial charge < -0.3 is 4.42 Å². The summed E-state index contributed by atoms with van der Waals surface area (Å²) in [6.45, 7) is 14.4. The first-order valence-electron chi connectivity index (χ1n) is 11.8. The lowest BCUT2D eigenvalue weighted by Crippen LogP contribution is -2.27. The second-order valence-corrected chi connectivity index (χ2v) is 11.3. The van der Waals surface area contributed by atoms with Crippen molar-refractivity contribution in [2.45, 2.75) is 90.5 Å². The number of thioether (sulfide) groups is 1. The Morgan fingerprint density at radius 3 is 2.23 bits per heavy atom. The molecule has 0 bridgehead atoms. The normalized spacial score (nSPS) is 13.6. The molecule has 0 aliphatic carbocycles. The Balaban J connectivity index is 1.73.